The van der Waals surface area contributed by atoms with Crippen LogP contribution in [0.5, 0.6) is 0 Å². The fraction of sp³-hybridized carbons (Fsp3) is 0.100. The predicted octanol–water partition coefficient (Wildman–Crippen LogP) is 3.88. The molecule has 8 heteroatoms. The fourth-order valence-corrected chi connectivity index (χ4v) is 3.71. The largest absolute Gasteiger partial charge is 0.348 e. The Bertz CT molecular complexity index is 653. The Morgan fingerprint density at radius 2 is 2.06 bits per heavy atom. The van der Waals surface area contributed by atoms with Crippen LogP contribution in [0.4, 0.5) is 8.78 Å². The van der Waals surface area contributed by atoms with Crippen LogP contribution in [0.3, 0.4) is 0 Å². The molecular formula is C10H5BrF2NO2PS. The normalized spacial score (nSPS) is 12.1. The summed E-state index contributed by atoms with van der Waals surface area (Å²) in [7, 11) is -3.38. The molecule has 94 valence electrons. The van der Waals surface area contributed by atoms with Crippen molar-refractivity contribution < 1.29 is 18.6 Å². The van der Waals surface area contributed by atoms with Gasteiger partial charge in [-0.3, -0.25) is 0 Å². The maximum atomic E-state index is 13.5. The monoisotopic (exact) mass is 351 g/mol. The third-order valence-electron chi connectivity index (χ3n) is 2.29. The van der Waals surface area contributed by atoms with Gasteiger partial charge in [-0.05, 0) is 33.4 Å². The molecule has 2 N–H and O–H groups in total. The Kier molecular flexibility index (Phi) is 3.67. The lowest BCUT2D eigenvalue weighted by Gasteiger charge is -2.14. The van der Waals surface area contributed by atoms with Gasteiger partial charge in [-0.2, -0.15) is 14.0 Å². The third-order valence-corrected chi connectivity index (χ3v) is 5.51. The number of hydrogen-bond acceptors (Lipinski definition) is 4. The smallest absolute Gasteiger partial charge is 0.346 e. The number of thiophene rings is 1. The van der Waals surface area contributed by atoms with Gasteiger partial charge < -0.3 is 9.79 Å². The summed E-state index contributed by atoms with van der Waals surface area (Å²) >= 11 is 3.92. The molecule has 0 saturated heterocycles. The van der Waals surface area contributed by atoms with E-state index in [0.717, 1.165) is 11.3 Å². The average Bonchev–Trinajstić information content (AvgIpc) is 2.74. The minimum absolute atomic E-state index is 0.342. The summed E-state index contributed by atoms with van der Waals surface area (Å²) in [6.45, 7) is 0. The first-order chi connectivity index (χ1) is 8.37. The summed E-state index contributed by atoms with van der Waals surface area (Å²) < 4.78 is 27.9. The van der Waals surface area contributed by atoms with Crippen molar-refractivity contribution >= 4 is 45.7 Å². The second kappa shape index (κ2) is 4.80. The second-order valence-electron chi connectivity index (χ2n) is 3.40. The standard InChI is InChI=1S/C10H5BrF2NO2PS/c11-8-6(4-14)2-1-5-3-7(18-9(5)8)10(12,13)17(15)16/h1-3,15-16H. The van der Waals surface area contributed by atoms with Crippen molar-refractivity contribution in [2.45, 2.75) is 5.66 Å². The first-order valence-corrected chi connectivity index (χ1v) is 7.42. The minimum Gasteiger partial charge on any atom is -0.346 e. The molecule has 0 bridgehead atoms. The van der Waals surface area contributed by atoms with E-state index in [1.165, 1.54) is 12.1 Å². The van der Waals surface area contributed by atoms with Crippen LogP contribution in [0.2, 0.25) is 0 Å². The van der Waals surface area contributed by atoms with Crippen molar-refractivity contribution in [2.75, 3.05) is 0 Å². The zero-order valence-electron chi connectivity index (χ0n) is 8.56. The van der Waals surface area contributed by atoms with E-state index in [9.17, 15) is 8.78 Å². The molecule has 18 heavy (non-hydrogen) atoms. The molecule has 2 aromatic rings. The molecule has 0 unspecified atom stereocenters. The lowest BCUT2D eigenvalue weighted by atomic mass is 10.2. The maximum Gasteiger partial charge on any atom is 0.348 e. The molecule has 0 atom stereocenters. The highest BCUT2D eigenvalue weighted by Crippen LogP contribution is 2.55. The number of benzene rings is 1. The van der Waals surface area contributed by atoms with Crippen molar-refractivity contribution in [1.29, 1.82) is 5.26 Å². The Morgan fingerprint density at radius 1 is 1.39 bits per heavy atom. The molecular weight excluding hydrogens is 347 g/mol. The van der Waals surface area contributed by atoms with E-state index in [2.05, 4.69) is 15.9 Å². The van der Waals surface area contributed by atoms with Crippen molar-refractivity contribution in [2.24, 2.45) is 0 Å². The maximum absolute atomic E-state index is 13.5. The van der Waals surface area contributed by atoms with Crippen LogP contribution in [0.25, 0.3) is 10.1 Å². The number of alkyl halides is 2. The van der Waals surface area contributed by atoms with Gasteiger partial charge >= 0.3 is 5.66 Å². The quantitative estimate of drug-likeness (QED) is 0.807. The lowest BCUT2D eigenvalue weighted by molar-refractivity contribution is 0.0772. The highest BCUT2D eigenvalue weighted by atomic mass is 79.9. The topological polar surface area (TPSA) is 64.2 Å². The van der Waals surface area contributed by atoms with Crippen molar-refractivity contribution in [1.82, 2.24) is 0 Å². The van der Waals surface area contributed by atoms with Crippen LogP contribution in [-0.2, 0) is 5.66 Å². The number of fused-ring (bicyclic) bond motifs is 1. The summed E-state index contributed by atoms with van der Waals surface area (Å²) in [6, 6.07) is 6.20. The molecule has 1 aromatic carbocycles. The molecule has 0 aliphatic heterocycles. The Balaban J connectivity index is 2.66. The zero-order chi connectivity index (χ0) is 13.5. The molecule has 0 saturated carbocycles. The van der Waals surface area contributed by atoms with Gasteiger partial charge in [0, 0.05) is 0 Å². The highest BCUT2D eigenvalue weighted by Gasteiger charge is 2.42. The van der Waals surface area contributed by atoms with Crippen LogP contribution in [-0.4, -0.2) is 9.79 Å². The van der Waals surface area contributed by atoms with E-state index in [-0.39, 0.29) is 0 Å². The molecule has 1 aromatic heterocycles. The van der Waals surface area contributed by atoms with Gasteiger partial charge in [-0.25, -0.2) is 0 Å². The van der Waals surface area contributed by atoms with Crippen molar-refractivity contribution in [3.63, 3.8) is 0 Å². The number of hydrogen-bond donors (Lipinski definition) is 2. The Labute approximate surface area is 114 Å². The summed E-state index contributed by atoms with van der Waals surface area (Å²) in [6.07, 6.45) is 0. The molecule has 0 radical (unpaired) electrons. The zero-order valence-corrected chi connectivity index (χ0v) is 11.9. The highest BCUT2D eigenvalue weighted by molar-refractivity contribution is 9.10. The molecule has 1 heterocycles. The SMILES string of the molecule is N#Cc1ccc2cc(C(F)(F)P(O)O)sc2c1Br. The van der Waals surface area contributed by atoms with Crippen LogP contribution < -0.4 is 0 Å². The van der Waals surface area contributed by atoms with Crippen molar-refractivity contribution in [3.8, 4) is 6.07 Å². The molecule has 0 spiro atoms. The molecule has 0 aliphatic rings. The number of halogens is 3. The van der Waals surface area contributed by atoms with Crippen LogP contribution in [0.15, 0.2) is 22.7 Å². The van der Waals surface area contributed by atoms with E-state index in [1.54, 1.807) is 6.07 Å². The first-order valence-electron chi connectivity index (χ1n) is 4.56. The first kappa shape index (κ1) is 13.8. The summed E-state index contributed by atoms with van der Waals surface area (Å²) in [5.74, 6) is 0. The van der Waals surface area contributed by atoms with E-state index >= 15 is 0 Å². The van der Waals surface area contributed by atoms with Gasteiger partial charge in [0.2, 0.25) is 8.38 Å². The van der Waals surface area contributed by atoms with E-state index < -0.39 is 18.9 Å². The van der Waals surface area contributed by atoms with Gasteiger partial charge in [0.25, 0.3) is 0 Å². The van der Waals surface area contributed by atoms with Crippen LogP contribution >= 0.6 is 35.6 Å². The average molecular weight is 352 g/mol. The van der Waals surface area contributed by atoms with Gasteiger partial charge in [-0.15, -0.1) is 11.3 Å². The van der Waals surface area contributed by atoms with Gasteiger partial charge in [0.1, 0.15) is 6.07 Å². The molecule has 2 rings (SSSR count). The van der Waals surface area contributed by atoms with Crippen LogP contribution in [0, 0.1) is 11.3 Å². The minimum atomic E-state index is -3.66. The lowest BCUT2D eigenvalue weighted by Crippen LogP contribution is -2.07. The summed E-state index contributed by atoms with van der Waals surface area (Å²) in [4.78, 5) is 17.1. The van der Waals surface area contributed by atoms with Gasteiger partial charge in [-0.1, -0.05) is 6.07 Å². The molecule has 0 fully saturated rings. The van der Waals surface area contributed by atoms with Gasteiger partial charge in [0.15, 0.2) is 0 Å². The molecule has 0 aliphatic carbocycles. The fourth-order valence-electron chi connectivity index (χ4n) is 1.40. The number of nitriles is 1. The second-order valence-corrected chi connectivity index (χ2v) is 6.38. The number of nitrogens with zero attached hydrogens (tertiary/aromatic N) is 1. The van der Waals surface area contributed by atoms with E-state index in [0.29, 0.717) is 20.1 Å². The molecule has 3 nitrogen and oxygen atoms in total. The summed E-state index contributed by atoms with van der Waals surface area (Å²) in [5.41, 5.74) is -3.32. The van der Waals surface area contributed by atoms with Gasteiger partial charge in [0.05, 0.1) is 19.6 Å². The molecule has 0 amide bonds. The Hall–Kier alpha value is -0.640. The summed E-state index contributed by atoms with van der Waals surface area (Å²) in [5, 5.41) is 9.36. The predicted molar refractivity (Wildman–Crippen MR) is 69.5 cm³/mol. The van der Waals surface area contributed by atoms with E-state index in [1.807, 2.05) is 6.07 Å². The van der Waals surface area contributed by atoms with E-state index in [4.69, 9.17) is 15.0 Å². The Morgan fingerprint density at radius 3 is 2.61 bits per heavy atom. The van der Waals surface area contributed by atoms with Crippen LogP contribution in [0.1, 0.15) is 10.4 Å². The van der Waals surface area contributed by atoms with Crippen molar-refractivity contribution in [3.05, 3.63) is 33.1 Å². The third kappa shape index (κ3) is 2.15. The number of rotatable bonds is 2.